The molecule has 0 aliphatic heterocycles. The normalized spacial score (nSPS) is 11.6. The van der Waals surface area contributed by atoms with Crippen LogP contribution in [0.2, 0.25) is 0 Å². The number of hydrazone groups is 1. The summed E-state index contributed by atoms with van der Waals surface area (Å²) in [5.74, 6) is 0. The van der Waals surface area contributed by atoms with Crippen LogP contribution in [0.3, 0.4) is 0 Å². The van der Waals surface area contributed by atoms with Crippen LogP contribution in [0, 0.1) is 0 Å². The summed E-state index contributed by atoms with van der Waals surface area (Å²) in [6, 6.07) is 28.3. The van der Waals surface area contributed by atoms with E-state index in [4.69, 9.17) is 4.98 Å². The van der Waals surface area contributed by atoms with Crippen LogP contribution >= 0.6 is 23.1 Å². The zero-order valence-corrected chi connectivity index (χ0v) is 14.9. The van der Waals surface area contributed by atoms with Gasteiger partial charge in [0.2, 0.25) is 0 Å². The first-order valence-electron chi connectivity index (χ1n) is 7.86. The number of thiazole rings is 1. The second kappa shape index (κ2) is 7.51. The maximum atomic E-state index is 4.71. The molecule has 5 heteroatoms. The first-order valence-corrected chi connectivity index (χ1v) is 9.49. The molecule has 0 fully saturated rings. The monoisotopic (exact) mass is 361 g/mol. The summed E-state index contributed by atoms with van der Waals surface area (Å²) in [6.07, 6.45) is 0. The van der Waals surface area contributed by atoms with Gasteiger partial charge in [-0.2, -0.15) is 5.10 Å². The van der Waals surface area contributed by atoms with E-state index < -0.39 is 0 Å². The molecule has 0 radical (unpaired) electrons. The lowest BCUT2D eigenvalue weighted by Gasteiger charge is -2.06. The van der Waals surface area contributed by atoms with Gasteiger partial charge in [-0.25, -0.2) is 4.98 Å². The number of hydrogen-bond donors (Lipinski definition) is 1. The number of aromatic nitrogens is 1. The molecule has 1 aromatic heterocycles. The van der Waals surface area contributed by atoms with E-state index in [1.54, 1.807) is 23.1 Å². The highest BCUT2D eigenvalue weighted by Gasteiger charge is 2.11. The van der Waals surface area contributed by atoms with Gasteiger partial charge in [0, 0.05) is 5.56 Å². The standard InChI is InChI=1S/C20H15N3S2/c1-3-9-15(10-4-1)19(23-22-16-11-5-2-6-12-16)25-20-21-17-13-7-8-14-18(17)24-20/h1-14,22H. The van der Waals surface area contributed by atoms with Crippen molar-refractivity contribution < 1.29 is 0 Å². The number of nitrogens with zero attached hydrogens (tertiary/aromatic N) is 2. The van der Waals surface area contributed by atoms with Crippen molar-refractivity contribution >= 4 is 44.0 Å². The van der Waals surface area contributed by atoms with Crippen LogP contribution in [0.1, 0.15) is 5.56 Å². The lowest BCUT2D eigenvalue weighted by molar-refractivity contribution is 1.31. The second-order valence-corrected chi connectivity index (χ2v) is 7.58. The van der Waals surface area contributed by atoms with E-state index in [9.17, 15) is 0 Å². The van der Waals surface area contributed by atoms with Crippen molar-refractivity contribution in [3.05, 3.63) is 90.5 Å². The molecule has 0 saturated carbocycles. The number of hydrogen-bond acceptors (Lipinski definition) is 5. The third kappa shape index (κ3) is 3.90. The van der Waals surface area contributed by atoms with Crippen LogP contribution in [-0.2, 0) is 0 Å². The highest BCUT2D eigenvalue weighted by atomic mass is 32.2. The molecular weight excluding hydrogens is 346 g/mol. The van der Waals surface area contributed by atoms with Crippen molar-refractivity contribution in [2.24, 2.45) is 5.10 Å². The van der Waals surface area contributed by atoms with Gasteiger partial charge in [-0.3, -0.25) is 5.43 Å². The van der Waals surface area contributed by atoms with Gasteiger partial charge in [-0.1, -0.05) is 60.7 Å². The second-order valence-electron chi connectivity index (χ2n) is 5.31. The van der Waals surface area contributed by atoms with E-state index in [2.05, 4.69) is 28.7 Å². The summed E-state index contributed by atoms with van der Waals surface area (Å²) in [7, 11) is 0. The Labute approximate surface area is 154 Å². The molecule has 0 bridgehead atoms. The molecule has 3 aromatic carbocycles. The van der Waals surface area contributed by atoms with E-state index in [1.165, 1.54) is 4.70 Å². The predicted molar refractivity (Wildman–Crippen MR) is 109 cm³/mol. The molecule has 0 spiro atoms. The molecule has 1 N–H and O–H groups in total. The predicted octanol–water partition coefficient (Wildman–Crippen LogP) is 5.86. The minimum atomic E-state index is 0.892. The topological polar surface area (TPSA) is 37.3 Å². The van der Waals surface area contributed by atoms with Crippen LogP contribution in [-0.4, -0.2) is 10.0 Å². The Bertz CT molecular complexity index is 962. The smallest absolute Gasteiger partial charge is 0.157 e. The summed E-state index contributed by atoms with van der Waals surface area (Å²) in [4.78, 5) is 4.71. The first-order chi connectivity index (χ1) is 12.4. The Kier molecular flexibility index (Phi) is 4.77. The van der Waals surface area contributed by atoms with Crippen LogP contribution in [0.15, 0.2) is 94.4 Å². The quantitative estimate of drug-likeness (QED) is 0.214. The molecule has 0 aliphatic carbocycles. The number of anilines is 1. The van der Waals surface area contributed by atoms with Crippen LogP contribution in [0.5, 0.6) is 0 Å². The fraction of sp³-hybridized carbons (Fsp3) is 0. The third-order valence-electron chi connectivity index (χ3n) is 3.54. The average molecular weight is 361 g/mol. The number of nitrogens with one attached hydrogen (secondary N) is 1. The molecule has 0 aliphatic rings. The summed E-state index contributed by atoms with van der Waals surface area (Å²) >= 11 is 3.27. The molecule has 0 amide bonds. The highest BCUT2D eigenvalue weighted by Crippen LogP contribution is 2.32. The molecule has 4 rings (SSSR count). The molecule has 3 nitrogen and oxygen atoms in total. The number of fused-ring (bicyclic) bond motifs is 1. The molecule has 1 heterocycles. The summed E-state index contributed by atoms with van der Waals surface area (Å²) in [5.41, 5.74) is 6.19. The highest BCUT2D eigenvalue weighted by molar-refractivity contribution is 8.15. The maximum Gasteiger partial charge on any atom is 0.157 e. The minimum Gasteiger partial charge on any atom is -0.277 e. The summed E-state index contributed by atoms with van der Waals surface area (Å²) in [6.45, 7) is 0. The van der Waals surface area contributed by atoms with Crippen molar-refractivity contribution in [2.45, 2.75) is 4.34 Å². The lowest BCUT2D eigenvalue weighted by Crippen LogP contribution is -2.00. The Morgan fingerprint density at radius 3 is 2.28 bits per heavy atom. The Hall–Kier alpha value is -2.63. The van der Waals surface area contributed by atoms with Crippen LogP contribution < -0.4 is 5.43 Å². The largest absolute Gasteiger partial charge is 0.277 e. The van der Waals surface area contributed by atoms with E-state index >= 15 is 0 Å². The van der Waals surface area contributed by atoms with Gasteiger partial charge in [-0.05, 0) is 36.0 Å². The lowest BCUT2D eigenvalue weighted by atomic mass is 10.2. The first kappa shape index (κ1) is 15.9. The molecule has 122 valence electrons. The number of thioether (sulfide) groups is 1. The summed E-state index contributed by atoms with van der Waals surface area (Å²) < 4.78 is 2.17. The SMILES string of the molecule is c1ccc(NN=C(Sc2nc3ccccc3s2)c2ccccc2)cc1. The van der Waals surface area contributed by atoms with Crippen molar-refractivity contribution in [1.29, 1.82) is 0 Å². The van der Waals surface area contributed by atoms with Gasteiger partial charge >= 0.3 is 0 Å². The Morgan fingerprint density at radius 1 is 0.840 bits per heavy atom. The fourth-order valence-corrected chi connectivity index (χ4v) is 4.36. The van der Waals surface area contributed by atoms with Crippen molar-refractivity contribution in [3.8, 4) is 0 Å². The van der Waals surface area contributed by atoms with Crippen molar-refractivity contribution in [1.82, 2.24) is 4.98 Å². The third-order valence-corrected chi connectivity index (χ3v) is 5.66. The Morgan fingerprint density at radius 2 is 1.52 bits per heavy atom. The zero-order chi connectivity index (χ0) is 16.9. The molecule has 0 saturated heterocycles. The number of para-hydroxylation sites is 2. The van der Waals surface area contributed by atoms with E-state index in [0.29, 0.717) is 0 Å². The minimum absolute atomic E-state index is 0.892. The van der Waals surface area contributed by atoms with Gasteiger partial charge in [0.25, 0.3) is 0 Å². The Balaban J connectivity index is 1.65. The zero-order valence-electron chi connectivity index (χ0n) is 13.3. The van der Waals surface area contributed by atoms with Gasteiger partial charge < -0.3 is 0 Å². The molecule has 25 heavy (non-hydrogen) atoms. The van der Waals surface area contributed by atoms with Gasteiger partial charge in [0.15, 0.2) is 4.34 Å². The van der Waals surface area contributed by atoms with E-state index in [0.717, 1.165) is 26.2 Å². The van der Waals surface area contributed by atoms with E-state index in [1.807, 2.05) is 66.7 Å². The van der Waals surface area contributed by atoms with Crippen molar-refractivity contribution in [2.75, 3.05) is 5.43 Å². The number of rotatable bonds is 4. The maximum absolute atomic E-state index is 4.71. The summed E-state index contributed by atoms with van der Waals surface area (Å²) in [5, 5.41) is 5.52. The van der Waals surface area contributed by atoms with E-state index in [-0.39, 0.29) is 0 Å². The number of benzene rings is 3. The van der Waals surface area contributed by atoms with Crippen LogP contribution in [0.4, 0.5) is 5.69 Å². The average Bonchev–Trinajstić information content (AvgIpc) is 3.09. The molecule has 4 aromatic rings. The molecule has 0 unspecified atom stereocenters. The molecular formula is C20H15N3S2. The van der Waals surface area contributed by atoms with Crippen molar-refractivity contribution in [3.63, 3.8) is 0 Å². The fourth-order valence-electron chi connectivity index (χ4n) is 2.33. The molecule has 0 atom stereocenters. The van der Waals surface area contributed by atoms with Gasteiger partial charge in [-0.15, -0.1) is 11.3 Å². The van der Waals surface area contributed by atoms with Gasteiger partial charge in [0.05, 0.1) is 15.9 Å². The van der Waals surface area contributed by atoms with Gasteiger partial charge in [0.1, 0.15) is 5.04 Å². The van der Waals surface area contributed by atoms with Crippen LogP contribution in [0.25, 0.3) is 10.2 Å².